The highest BCUT2D eigenvalue weighted by molar-refractivity contribution is 5.57. The van der Waals surface area contributed by atoms with Gasteiger partial charge in [0, 0.05) is 0 Å². The summed E-state index contributed by atoms with van der Waals surface area (Å²) in [7, 11) is 0. The molecule has 0 bridgehead atoms. The molecule has 0 aromatic heterocycles. The van der Waals surface area contributed by atoms with Crippen molar-refractivity contribution in [3.63, 3.8) is 0 Å². The van der Waals surface area contributed by atoms with Crippen LogP contribution in [0.4, 0.5) is 0 Å². The van der Waals surface area contributed by atoms with E-state index in [1.54, 1.807) is 6.92 Å². The average molecular weight is 219 g/mol. The highest BCUT2D eigenvalue weighted by atomic mass is 16.5. The van der Waals surface area contributed by atoms with E-state index in [1.165, 1.54) is 0 Å². The molecule has 4 nitrogen and oxygen atoms in total. The monoisotopic (exact) mass is 219 g/mol. The SMILES string of the molecule is CC1OC(c2ccccc2)C(N=O)C1C=O. The Labute approximate surface area is 93.6 Å². The van der Waals surface area contributed by atoms with E-state index in [-0.39, 0.29) is 6.10 Å². The van der Waals surface area contributed by atoms with Crippen LogP contribution < -0.4 is 0 Å². The second-order valence-electron chi connectivity index (χ2n) is 3.98. The molecule has 1 aliphatic heterocycles. The van der Waals surface area contributed by atoms with Gasteiger partial charge in [-0.05, 0) is 12.5 Å². The van der Waals surface area contributed by atoms with Crippen molar-refractivity contribution in [3.05, 3.63) is 40.8 Å². The van der Waals surface area contributed by atoms with E-state index in [0.29, 0.717) is 0 Å². The van der Waals surface area contributed by atoms with Crippen LogP contribution in [0.5, 0.6) is 0 Å². The van der Waals surface area contributed by atoms with Crippen molar-refractivity contribution in [1.29, 1.82) is 0 Å². The highest BCUT2D eigenvalue weighted by Crippen LogP contribution is 2.38. The van der Waals surface area contributed by atoms with E-state index < -0.39 is 18.1 Å². The summed E-state index contributed by atoms with van der Waals surface area (Å²) in [5.74, 6) is -0.442. The second-order valence-corrected chi connectivity index (χ2v) is 3.98. The van der Waals surface area contributed by atoms with Crippen molar-refractivity contribution in [2.75, 3.05) is 0 Å². The van der Waals surface area contributed by atoms with Gasteiger partial charge in [0.15, 0.2) is 0 Å². The normalized spacial score (nSPS) is 33.6. The van der Waals surface area contributed by atoms with Gasteiger partial charge in [0.1, 0.15) is 18.4 Å². The van der Waals surface area contributed by atoms with E-state index in [1.807, 2.05) is 30.3 Å². The highest BCUT2D eigenvalue weighted by Gasteiger charge is 2.44. The second kappa shape index (κ2) is 4.53. The molecule has 0 spiro atoms. The third-order valence-corrected chi connectivity index (χ3v) is 3.01. The molecule has 4 unspecified atom stereocenters. The van der Waals surface area contributed by atoms with Crippen molar-refractivity contribution < 1.29 is 9.53 Å². The molecule has 0 saturated carbocycles. The van der Waals surface area contributed by atoms with Crippen molar-refractivity contribution >= 4 is 6.29 Å². The van der Waals surface area contributed by atoms with Crippen LogP contribution in [0.3, 0.4) is 0 Å². The van der Waals surface area contributed by atoms with Crippen molar-refractivity contribution in [1.82, 2.24) is 0 Å². The molecule has 4 atom stereocenters. The smallest absolute Gasteiger partial charge is 0.134 e. The Morgan fingerprint density at radius 1 is 1.31 bits per heavy atom. The largest absolute Gasteiger partial charge is 0.367 e. The standard InChI is InChI=1S/C12H13NO3/c1-8-10(7-14)11(13-15)12(16-8)9-5-3-2-4-6-9/h2-8,10-12H,1H3. The van der Waals surface area contributed by atoms with Crippen LogP contribution in [0.1, 0.15) is 18.6 Å². The number of nitrogens with zero attached hydrogens (tertiary/aromatic N) is 1. The minimum atomic E-state index is -0.616. The molecule has 0 aliphatic carbocycles. The summed E-state index contributed by atoms with van der Waals surface area (Å²) in [5, 5.41) is 3.04. The van der Waals surface area contributed by atoms with Crippen LogP contribution in [0.2, 0.25) is 0 Å². The lowest BCUT2D eigenvalue weighted by Crippen LogP contribution is -2.22. The summed E-state index contributed by atoms with van der Waals surface area (Å²) in [4.78, 5) is 21.7. The molecular formula is C12H13NO3. The maximum Gasteiger partial charge on any atom is 0.134 e. The first-order chi connectivity index (χ1) is 7.77. The lowest BCUT2D eigenvalue weighted by molar-refractivity contribution is -0.112. The fraction of sp³-hybridized carbons (Fsp3) is 0.417. The summed E-state index contributed by atoms with van der Waals surface area (Å²) in [6, 6.07) is 8.78. The molecule has 0 N–H and O–H groups in total. The van der Waals surface area contributed by atoms with E-state index in [2.05, 4.69) is 5.18 Å². The zero-order chi connectivity index (χ0) is 11.5. The van der Waals surface area contributed by atoms with Crippen LogP contribution in [-0.4, -0.2) is 18.4 Å². The lowest BCUT2D eigenvalue weighted by atomic mass is 9.93. The molecular weight excluding hydrogens is 206 g/mol. The fourth-order valence-electron chi connectivity index (χ4n) is 2.12. The molecule has 1 aliphatic rings. The summed E-state index contributed by atoms with van der Waals surface area (Å²) in [6.07, 6.45) is 0.106. The molecule has 1 aromatic carbocycles. The maximum atomic E-state index is 10.9. The summed E-state index contributed by atoms with van der Waals surface area (Å²) < 4.78 is 5.63. The van der Waals surface area contributed by atoms with Crippen LogP contribution in [-0.2, 0) is 9.53 Å². The summed E-state index contributed by atoms with van der Waals surface area (Å²) in [5.41, 5.74) is 0.892. The molecule has 1 saturated heterocycles. The zero-order valence-electron chi connectivity index (χ0n) is 8.95. The number of carbonyl (C=O) groups excluding carboxylic acids is 1. The van der Waals surface area contributed by atoms with Crippen LogP contribution >= 0.6 is 0 Å². The number of aldehydes is 1. The molecule has 1 aromatic rings. The Bertz CT molecular complexity index is 379. The Hall–Kier alpha value is -1.55. The molecule has 0 radical (unpaired) electrons. The topological polar surface area (TPSA) is 55.7 Å². The Morgan fingerprint density at radius 3 is 2.56 bits per heavy atom. The maximum absolute atomic E-state index is 10.9. The van der Waals surface area contributed by atoms with Crippen molar-refractivity contribution in [3.8, 4) is 0 Å². The van der Waals surface area contributed by atoms with E-state index in [9.17, 15) is 9.70 Å². The average Bonchev–Trinajstić information content (AvgIpc) is 2.66. The number of carbonyl (C=O) groups is 1. The van der Waals surface area contributed by atoms with E-state index >= 15 is 0 Å². The number of hydrogen-bond donors (Lipinski definition) is 0. The molecule has 1 fully saturated rings. The molecule has 4 heteroatoms. The van der Waals surface area contributed by atoms with Gasteiger partial charge >= 0.3 is 0 Å². The Morgan fingerprint density at radius 2 is 2.00 bits per heavy atom. The number of hydrogen-bond acceptors (Lipinski definition) is 4. The van der Waals surface area contributed by atoms with Crippen molar-refractivity contribution in [2.45, 2.75) is 25.2 Å². The third kappa shape index (κ3) is 1.76. The summed E-state index contributed by atoms with van der Waals surface area (Å²) >= 11 is 0. The van der Waals surface area contributed by atoms with E-state index in [0.717, 1.165) is 11.8 Å². The first kappa shape index (κ1) is 11.0. The van der Waals surface area contributed by atoms with Gasteiger partial charge in [-0.1, -0.05) is 35.5 Å². The predicted octanol–water partition coefficient (Wildman–Crippen LogP) is 2.10. The minimum Gasteiger partial charge on any atom is -0.367 e. The number of nitroso groups, excluding NO2 is 1. The first-order valence-electron chi connectivity index (χ1n) is 5.26. The number of rotatable bonds is 3. The lowest BCUT2D eigenvalue weighted by Gasteiger charge is -2.13. The minimum absolute atomic E-state index is 0.259. The van der Waals surface area contributed by atoms with Gasteiger partial charge in [-0.3, -0.25) is 0 Å². The Balaban J connectivity index is 2.29. The fourth-order valence-corrected chi connectivity index (χ4v) is 2.12. The van der Waals surface area contributed by atoms with Gasteiger partial charge in [-0.2, -0.15) is 4.91 Å². The van der Waals surface area contributed by atoms with Gasteiger partial charge in [0.2, 0.25) is 0 Å². The molecule has 84 valence electrons. The van der Waals surface area contributed by atoms with Gasteiger partial charge in [-0.15, -0.1) is 0 Å². The van der Waals surface area contributed by atoms with Crippen LogP contribution in [0.25, 0.3) is 0 Å². The zero-order valence-corrected chi connectivity index (χ0v) is 8.95. The molecule has 2 rings (SSSR count). The molecule has 0 amide bonds. The quantitative estimate of drug-likeness (QED) is 0.577. The van der Waals surface area contributed by atoms with Gasteiger partial charge in [0.05, 0.1) is 12.0 Å². The van der Waals surface area contributed by atoms with Crippen LogP contribution in [0, 0.1) is 10.8 Å². The molecule has 1 heterocycles. The Kier molecular flexibility index (Phi) is 3.10. The summed E-state index contributed by atoms with van der Waals surface area (Å²) in [6.45, 7) is 1.79. The number of ether oxygens (including phenoxy) is 1. The van der Waals surface area contributed by atoms with E-state index in [4.69, 9.17) is 4.74 Å². The van der Waals surface area contributed by atoms with Gasteiger partial charge in [0.25, 0.3) is 0 Å². The first-order valence-corrected chi connectivity index (χ1v) is 5.26. The van der Waals surface area contributed by atoms with Gasteiger partial charge < -0.3 is 9.53 Å². The number of benzene rings is 1. The predicted molar refractivity (Wildman–Crippen MR) is 58.9 cm³/mol. The van der Waals surface area contributed by atoms with Gasteiger partial charge in [-0.25, -0.2) is 0 Å². The van der Waals surface area contributed by atoms with Crippen molar-refractivity contribution in [2.24, 2.45) is 11.1 Å². The third-order valence-electron chi connectivity index (χ3n) is 3.01. The molecule has 16 heavy (non-hydrogen) atoms. The van der Waals surface area contributed by atoms with Crippen LogP contribution in [0.15, 0.2) is 35.5 Å².